The maximum Gasteiger partial charge on any atom is 0.293 e. The molecule has 132 valence electrons. The minimum absolute atomic E-state index is 0.0266. The molecule has 4 rings (SSSR count). The summed E-state index contributed by atoms with van der Waals surface area (Å²) >= 11 is 1.54. The second-order valence-electron chi connectivity index (χ2n) is 5.65. The molecule has 1 aliphatic heterocycles. The van der Waals surface area contributed by atoms with Crippen molar-refractivity contribution < 1.29 is 14.4 Å². The van der Waals surface area contributed by atoms with Crippen molar-refractivity contribution in [1.29, 1.82) is 0 Å². The smallest absolute Gasteiger partial charge is 0.293 e. The zero-order valence-corrected chi connectivity index (χ0v) is 14.4. The third kappa shape index (κ3) is 3.43. The average Bonchev–Trinajstić information content (AvgIpc) is 3.36. The summed E-state index contributed by atoms with van der Waals surface area (Å²) in [6, 6.07) is 12.6. The number of ether oxygens (including phenoxy) is 2. The molecule has 8 heteroatoms. The third-order valence-corrected chi connectivity index (χ3v) is 4.76. The number of nitro groups is 1. The summed E-state index contributed by atoms with van der Waals surface area (Å²) in [5.41, 5.74) is 2.73. The van der Waals surface area contributed by atoms with Crippen LogP contribution in [0.25, 0.3) is 10.6 Å². The molecular formula is C18H15N3O4S. The summed E-state index contributed by atoms with van der Waals surface area (Å²) < 4.78 is 10.8. The molecule has 0 radical (unpaired) electrons. The molecule has 1 aliphatic rings. The van der Waals surface area contributed by atoms with Crippen molar-refractivity contribution in [2.24, 2.45) is 0 Å². The van der Waals surface area contributed by atoms with Crippen LogP contribution in [0, 0.1) is 10.1 Å². The summed E-state index contributed by atoms with van der Waals surface area (Å²) in [4.78, 5) is 15.4. The molecule has 1 aromatic heterocycles. The number of rotatable bonds is 5. The van der Waals surface area contributed by atoms with E-state index in [1.165, 1.54) is 6.07 Å². The highest BCUT2D eigenvalue weighted by Crippen LogP contribution is 2.34. The van der Waals surface area contributed by atoms with Crippen LogP contribution in [-0.4, -0.2) is 23.1 Å². The van der Waals surface area contributed by atoms with E-state index >= 15 is 0 Å². The van der Waals surface area contributed by atoms with E-state index < -0.39 is 11.2 Å². The molecule has 0 atom stereocenters. The van der Waals surface area contributed by atoms with Gasteiger partial charge in [0.1, 0.15) is 10.7 Å². The second-order valence-corrected chi connectivity index (χ2v) is 6.54. The third-order valence-electron chi connectivity index (χ3n) is 3.93. The van der Waals surface area contributed by atoms with Crippen molar-refractivity contribution in [2.45, 2.75) is 6.29 Å². The van der Waals surface area contributed by atoms with Crippen LogP contribution < -0.4 is 5.32 Å². The highest BCUT2D eigenvalue weighted by Gasteiger charge is 2.23. The number of hydrogen-bond acceptors (Lipinski definition) is 7. The first kappa shape index (κ1) is 16.6. The Kier molecular flexibility index (Phi) is 4.61. The van der Waals surface area contributed by atoms with Crippen molar-refractivity contribution in [3.05, 3.63) is 69.7 Å². The lowest BCUT2D eigenvalue weighted by molar-refractivity contribution is -0.384. The molecule has 0 aliphatic carbocycles. The molecule has 0 unspecified atom stereocenters. The Morgan fingerprint density at radius 2 is 2.04 bits per heavy atom. The fourth-order valence-corrected chi connectivity index (χ4v) is 3.39. The van der Waals surface area contributed by atoms with Gasteiger partial charge in [0.15, 0.2) is 6.29 Å². The van der Waals surface area contributed by atoms with E-state index in [2.05, 4.69) is 10.3 Å². The van der Waals surface area contributed by atoms with Crippen LogP contribution in [0.3, 0.4) is 0 Å². The molecule has 0 saturated carbocycles. The van der Waals surface area contributed by atoms with E-state index in [0.29, 0.717) is 24.5 Å². The highest BCUT2D eigenvalue weighted by molar-refractivity contribution is 7.13. The number of nitrogens with one attached hydrogen (secondary N) is 1. The second kappa shape index (κ2) is 7.20. The van der Waals surface area contributed by atoms with Gasteiger partial charge >= 0.3 is 0 Å². The van der Waals surface area contributed by atoms with Crippen LogP contribution in [0.5, 0.6) is 0 Å². The molecule has 2 heterocycles. The first-order chi connectivity index (χ1) is 12.7. The van der Waals surface area contributed by atoms with Gasteiger partial charge in [-0.15, -0.1) is 11.3 Å². The highest BCUT2D eigenvalue weighted by atomic mass is 32.1. The van der Waals surface area contributed by atoms with E-state index in [1.54, 1.807) is 29.7 Å². The molecule has 3 aromatic rings. The van der Waals surface area contributed by atoms with Crippen molar-refractivity contribution in [2.75, 3.05) is 18.5 Å². The first-order valence-corrected chi connectivity index (χ1v) is 8.87. The van der Waals surface area contributed by atoms with Crippen LogP contribution in [0.15, 0.2) is 54.0 Å². The van der Waals surface area contributed by atoms with Crippen LogP contribution in [0.4, 0.5) is 17.1 Å². The predicted molar refractivity (Wildman–Crippen MR) is 98.6 cm³/mol. The maximum atomic E-state index is 11.5. The van der Waals surface area contributed by atoms with E-state index in [1.807, 2.05) is 29.6 Å². The topological polar surface area (TPSA) is 86.5 Å². The molecule has 0 amide bonds. The normalized spacial score (nSPS) is 14.5. The van der Waals surface area contributed by atoms with Gasteiger partial charge in [-0.1, -0.05) is 18.2 Å². The van der Waals surface area contributed by atoms with Gasteiger partial charge in [-0.05, 0) is 18.2 Å². The van der Waals surface area contributed by atoms with Gasteiger partial charge in [-0.25, -0.2) is 4.98 Å². The number of hydrogen-bond donors (Lipinski definition) is 1. The molecular weight excluding hydrogens is 354 g/mol. The lowest BCUT2D eigenvalue weighted by Gasteiger charge is -2.12. The summed E-state index contributed by atoms with van der Waals surface area (Å²) in [5.74, 6) is 0. The van der Waals surface area contributed by atoms with Gasteiger partial charge < -0.3 is 14.8 Å². The van der Waals surface area contributed by atoms with Gasteiger partial charge in [0.2, 0.25) is 0 Å². The number of nitro benzene ring substituents is 1. The predicted octanol–water partition coefficient (Wildman–Crippen LogP) is 4.51. The number of nitrogens with zero attached hydrogens (tertiary/aromatic N) is 2. The van der Waals surface area contributed by atoms with Crippen molar-refractivity contribution >= 4 is 28.4 Å². The monoisotopic (exact) mass is 369 g/mol. The molecule has 2 aromatic carbocycles. The zero-order chi connectivity index (χ0) is 17.9. The fourth-order valence-electron chi connectivity index (χ4n) is 2.75. The number of thiazole rings is 1. The molecule has 0 bridgehead atoms. The molecule has 7 nitrogen and oxygen atoms in total. The quantitative estimate of drug-likeness (QED) is 0.526. The van der Waals surface area contributed by atoms with Gasteiger partial charge in [0.25, 0.3) is 5.69 Å². The van der Waals surface area contributed by atoms with Crippen LogP contribution >= 0.6 is 11.3 Å². The number of benzene rings is 2. The molecule has 1 fully saturated rings. The first-order valence-electron chi connectivity index (χ1n) is 7.99. The Bertz CT molecular complexity index is 924. The lowest BCUT2D eigenvalue weighted by atomic mass is 10.1. The molecule has 1 N–H and O–H groups in total. The SMILES string of the molecule is O=[N+]([O-])c1cc(C2OCCO2)ccc1Nc1cccc(-c2nccs2)c1. The minimum Gasteiger partial charge on any atom is -0.350 e. The summed E-state index contributed by atoms with van der Waals surface area (Å²) in [6.07, 6.45) is 1.20. The summed E-state index contributed by atoms with van der Waals surface area (Å²) in [6.45, 7) is 0.976. The standard InChI is InChI=1S/C18H15N3O4S/c22-21(23)16-11-13(18-24-7-8-25-18)4-5-15(16)20-14-3-1-2-12(10-14)17-19-6-9-26-17/h1-6,9-11,18,20H,7-8H2. The Balaban J connectivity index is 1.63. The van der Waals surface area contributed by atoms with Crippen LogP contribution in [0.1, 0.15) is 11.9 Å². The van der Waals surface area contributed by atoms with Crippen LogP contribution in [-0.2, 0) is 9.47 Å². The minimum atomic E-state index is -0.545. The Morgan fingerprint density at radius 3 is 2.77 bits per heavy atom. The van der Waals surface area contributed by atoms with E-state index in [-0.39, 0.29) is 5.69 Å². The van der Waals surface area contributed by atoms with E-state index in [9.17, 15) is 10.1 Å². The van der Waals surface area contributed by atoms with Crippen molar-refractivity contribution in [3.63, 3.8) is 0 Å². The Morgan fingerprint density at radius 1 is 1.19 bits per heavy atom. The molecule has 0 spiro atoms. The number of anilines is 2. The molecule has 26 heavy (non-hydrogen) atoms. The van der Waals surface area contributed by atoms with Gasteiger partial charge in [0, 0.05) is 34.5 Å². The number of aromatic nitrogens is 1. The van der Waals surface area contributed by atoms with E-state index in [0.717, 1.165) is 16.3 Å². The Hall–Kier alpha value is -2.81. The maximum absolute atomic E-state index is 11.5. The molecule has 1 saturated heterocycles. The Labute approximate surface area is 153 Å². The zero-order valence-electron chi connectivity index (χ0n) is 13.6. The van der Waals surface area contributed by atoms with Gasteiger partial charge in [-0.2, -0.15) is 0 Å². The largest absolute Gasteiger partial charge is 0.350 e. The van der Waals surface area contributed by atoms with Gasteiger partial charge in [-0.3, -0.25) is 10.1 Å². The average molecular weight is 369 g/mol. The summed E-state index contributed by atoms with van der Waals surface area (Å²) in [7, 11) is 0. The van der Waals surface area contributed by atoms with Crippen LogP contribution in [0.2, 0.25) is 0 Å². The lowest BCUT2D eigenvalue weighted by Crippen LogP contribution is -2.02. The van der Waals surface area contributed by atoms with Crippen molar-refractivity contribution in [3.8, 4) is 10.6 Å². The van der Waals surface area contributed by atoms with E-state index in [4.69, 9.17) is 9.47 Å². The summed E-state index contributed by atoms with van der Waals surface area (Å²) in [5, 5.41) is 17.4. The fraction of sp³-hybridized carbons (Fsp3) is 0.167. The van der Waals surface area contributed by atoms with Gasteiger partial charge in [0.05, 0.1) is 18.1 Å². The van der Waals surface area contributed by atoms with Crippen molar-refractivity contribution in [1.82, 2.24) is 4.98 Å².